The molecule has 1 aromatic carbocycles. The summed E-state index contributed by atoms with van der Waals surface area (Å²) in [5, 5.41) is 1.21. The zero-order valence-electron chi connectivity index (χ0n) is 13.2. The Hall–Kier alpha value is -1.88. The molecule has 120 valence electrons. The summed E-state index contributed by atoms with van der Waals surface area (Å²) in [5.74, 6) is -0.200. The third-order valence-corrected chi connectivity index (χ3v) is 5.70. The van der Waals surface area contributed by atoms with E-state index in [9.17, 15) is 4.79 Å². The van der Waals surface area contributed by atoms with Crippen LogP contribution >= 0.6 is 12.2 Å². The Morgan fingerprint density at radius 3 is 2.96 bits per heavy atom. The number of aromatic amines is 1. The van der Waals surface area contributed by atoms with Crippen molar-refractivity contribution in [2.24, 2.45) is 0 Å². The van der Waals surface area contributed by atoms with Crippen LogP contribution in [0.2, 0.25) is 0 Å². The van der Waals surface area contributed by atoms with E-state index in [1.165, 1.54) is 18.1 Å². The average molecular weight is 328 g/mol. The average Bonchev–Trinajstić information content (AvgIpc) is 2.87. The SMILES string of the molecule is COC(=O)C12CCCCC(=S)N1CCc1c2[nH]c2ccccc12. The van der Waals surface area contributed by atoms with E-state index in [0.717, 1.165) is 54.8 Å². The molecule has 2 aliphatic rings. The van der Waals surface area contributed by atoms with Gasteiger partial charge in [-0.15, -0.1) is 0 Å². The van der Waals surface area contributed by atoms with Gasteiger partial charge in [0.2, 0.25) is 0 Å². The summed E-state index contributed by atoms with van der Waals surface area (Å²) in [4.78, 5) is 19.4. The van der Waals surface area contributed by atoms with Crippen molar-refractivity contribution in [3.8, 4) is 0 Å². The Morgan fingerprint density at radius 2 is 2.13 bits per heavy atom. The molecule has 0 amide bonds. The van der Waals surface area contributed by atoms with Gasteiger partial charge in [0.05, 0.1) is 17.8 Å². The minimum Gasteiger partial charge on any atom is -0.467 e. The number of nitrogens with zero attached hydrogens (tertiary/aromatic N) is 1. The number of methoxy groups -OCH3 is 1. The van der Waals surface area contributed by atoms with Crippen LogP contribution in [0.5, 0.6) is 0 Å². The van der Waals surface area contributed by atoms with Gasteiger partial charge in [-0.05, 0) is 43.7 Å². The zero-order chi connectivity index (χ0) is 16.0. The van der Waals surface area contributed by atoms with E-state index >= 15 is 0 Å². The molecule has 0 bridgehead atoms. The van der Waals surface area contributed by atoms with Gasteiger partial charge in [-0.1, -0.05) is 30.4 Å². The predicted molar refractivity (Wildman–Crippen MR) is 93.5 cm³/mol. The Kier molecular flexibility index (Phi) is 3.41. The highest BCUT2D eigenvalue weighted by atomic mass is 32.1. The molecule has 0 radical (unpaired) electrons. The predicted octanol–water partition coefficient (Wildman–Crippen LogP) is 3.30. The molecule has 1 aromatic heterocycles. The Bertz CT molecular complexity index is 797. The maximum Gasteiger partial charge on any atom is 0.338 e. The number of carbonyl (C=O) groups excluding carboxylic acids is 1. The van der Waals surface area contributed by atoms with Crippen LogP contribution in [0.4, 0.5) is 0 Å². The fraction of sp³-hybridized carbons (Fsp3) is 0.444. The van der Waals surface area contributed by atoms with Crippen molar-refractivity contribution in [2.75, 3.05) is 13.7 Å². The van der Waals surface area contributed by atoms with Crippen molar-refractivity contribution in [1.29, 1.82) is 0 Å². The summed E-state index contributed by atoms with van der Waals surface area (Å²) in [6, 6.07) is 8.26. The summed E-state index contributed by atoms with van der Waals surface area (Å²) >= 11 is 5.64. The largest absolute Gasteiger partial charge is 0.467 e. The number of fused-ring (bicyclic) bond motifs is 5. The minimum absolute atomic E-state index is 0.200. The summed E-state index contributed by atoms with van der Waals surface area (Å²) in [6.45, 7) is 0.781. The van der Waals surface area contributed by atoms with E-state index in [0.29, 0.717) is 0 Å². The van der Waals surface area contributed by atoms with Crippen LogP contribution in [-0.4, -0.2) is 34.5 Å². The highest BCUT2D eigenvalue weighted by molar-refractivity contribution is 7.80. The lowest BCUT2D eigenvalue weighted by Gasteiger charge is -2.45. The van der Waals surface area contributed by atoms with E-state index in [2.05, 4.69) is 22.0 Å². The second kappa shape index (κ2) is 5.34. The first-order valence-corrected chi connectivity index (χ1v) is 8.58. The molecular formula is C18H20N2O2S. The Labute approximate surface area is 140 Å². The minimum atomic E-state index is -0.783. The van der Waals surface area contributed by atoms with Crippen LogP contribution in [0.15, 0.2) is 24.3 Å². The molecule has 0 aliphatic carbocycles. The lowest BCUT2D eigenvalue weighted by Crippen LogP contribution is -2.57. The van der Waals surface area contributed by atoms with Gasteiger partial charge in [0.15, 0.2) is 5.54 Å². The van der Waals surface area contributed by atoms with Crippen molar-refractivity contribution in [3.63, 3.8) is 0 Å². The number of benzene rings is 1. The van der Waals surface area contributed by atoms with E-state index in [-0.39, 0.29) is 5.97 Å². The Morgan fingerprint density at radius 1 is 1.30 bits per heavy atom. The number of hydrogen-bond acceptors (Lipinski definition) is 3. The topological polar surface area (TPSA) is 45.3 Å². The van der Waals surface area contributed by atoms with Crippen LogP contribution < -0.4 is 0 Å². The first kappa shape index (κ1) is 14.7. The molecule has 4 rings (SSSR count). The molecule has 1 atom stereocenters. The summed E-state index contributed by atoms with van der Waals surface area (Å²) in [7, 11) is 1.47. The fourth-order valence-electron chi connectivity index (χ4n) is 4.23. The first-order chi connectivity index (χ1) is 11.2. The number of hydrogen-bond donors (Lipinski definition) is 1. The zero-order valence-corrected chi connectivity index (χ0v) is 14.0. The Balaban J connectivity index is 2.00. The second-order valence-corrected chi connectivity index (χ2v) is 6.85. The molecule has 1 saturated heterocycles. The van der Waals surface area contributed by atoms with Gasteiger partial charge in [-0.3, -0.25) is 0 Å². The van der Waals surface area contributed by atoms with E-state index in [1.54, 1.807) is 0 Å². The van der Waals surface area contributed by atoms with Gasteiger partial charge in [0.25, 0.3) is 0 Å². The number of rotatable bonds is 1. The molecule has 3 heterocycles. The molecule has 4 nitrogen and oxygen atoms in total. The molecule has 23 heavy (non-hydrogen) atoms. The van der Waals surface area contributed by atoms with E-state index < -0.39 is 5.54 Å². The number of carbonyl (C=O) groups is 1. The molecule has 1 unspecified atom stereocenters. The van der Waals surface area contributed by atoms with Gasteiger partial charge in [-0.25, -0.2) is 4.79 Å². The standard InChI is InChI=1S/C18H20N2O2S/c1-22-17(21)18-10-5-4-8-15(23)20(18)11-9-13-12-6-2-3-7-14(12)19-16(13)18/h2-3,6-7,19H,4-5,8-11H2,1H3. The monoisotopic (exact) mass is 328 g/mol. The van der Waals surface area contributed by atoms with Crippen LogP contribution in [0.3, 0.4) is 0 Å². The van der Waals surface area contributed by atoms with Crippen molar-refractivity contribution in [3.05, 3.63) is 35.5 Å². The van der Waals surface area contributed by atoms with Gasteiger partial charge in [-0.2, -0.15) is 0 Å². The van der Waals surface area contributed by atoms with Gasteiger partial charge < -0.3 is 14.6 Å². The summed E-state index contributed by atoms with van der Waals surface area (Å²) < 4.78 is 5.25. The van der Waals surface area contributed by atoms with Gasteiger partial charge >= 0.3 is 5.97 Å². The number of para-hydroxylation sites is 1. The molecule has 0 saturated carbocycles. The molecule has 2 aromatic rings. The van der Waals surface area contributed by atoms with Crippen LogP contribution in [0.1, 0.15) is 36.9 Å². The fourth-order valence-corrected chi connectivity index (χ4v) is 4.63. The quantitative estimate of drug-likeness (QED) is 0.644. The van der Waals surface area contributed by atoms with Crippen LogP contribution in [0, 0.1) is 0 Å². The maximum absolute atomic E-state index is 12.9. The van der Waals surface area contributed by atoms with Gasteiger partial charge in [0, 0.05) is 17.4 Å². The number of aromatic nitrogens is 1. The molecular weight excluding hydrogens is 308 g/mol. The lowest BCUT2D eigenvalue weighted by atomic mass is 9.81. The molecule has 2 aliphatic heterocycles. The normalized spacial score (nSPS) is 24.0. The molecule has 5 heteroatoms. The molecule has 0 spiro atoms. The van der Waals surface area contributed by atoms with Crippen LogP contribution in [0.25, 0.3) is 10.9 Å². The maximum atomic E-state index is 12.9. The van der Waals surface area contributed by atoms with Gasteiger partial charge in [0.1, 0.15) is 0 Å². The van der Waals surface area contributed by atoms with Crippen molar-refractivity contribution < 1.29 is 9.53 Å². The third kappa shape index (κ3) is 1.96. The van der Waals surface area contributed by atoms with E-state index in [1.807, 2.05) is 12.1 Å². The summed E-state index contributed by atoms with van der Waals surface area (Å²) in [6.07, 6.45) is 4.53. The van der Waals surface area contributed by atoms with E-state index in [4.69, 9.17) is 17.0 Å². The second-order valence-electron chi connectivity index (χ2n) is 6.38. The molecule has 1 fully saturated rings. The highest BCUT2D eigenvalue weighted by Crippen LogP contribution is 2.45. The third-order valence-electron chi connectivity index (χ3n) is 5.28. The van der Waals surface area contributed by atoms with Crippen LogP contribution in [-0.2, 0) is 21.5 Å². The highest BCUT2D eigenvalue weighted by Gasteiger charge is 2.52. The number of nitrogens with one attached hydrogen (secondary N) is 1. The van der Waals surface area contributed by atoms with Crippen molar-refractivity contribution in [1.82, 2.24) is 9.88 Å². The smallest absolute Gasteiger partial charge is 0.338 e. The first-order valence-electron chi connectivity index (χ1n) is 8.17. The lowest BCUT2D eigenvalue weighted by molar-refractivity contribution is -0.154. The summed E-state index contributed by atoms with van der Waals surface area (Å²) in [5.41, 5.74) is 2.53. The molecule has 1 N–H and O–H groups in total. The number of esters is 1. The van der Waals surface area contributed by atoms with Crippen molar-refractivity contribution >= 4 is 34.1 Å². The number of thiocarbonyl (C=S) groups is 1. The number of H-pyrrole nitrogens is 1. The van der Waals surface area contributed by atoms with Crippen molar-refractivity contribution in [2.45, 2.75) is 37.6 Å². The number of ether oxygens (including phenoxy) is 1.